The maximum atomic E-state index is 6.28. The van der Waals surface area contributed by atoms with Gasteiger partial charge in [-0.2, -0.15) is 0 Å². The van der Waals surface area contributed by atoms with Crippen molar-refractivity contribution in [2.45, 2.75) is 31.6 Å². The van der Waals surface area contributed by atoms with Gasteiger partial charge in [-0.1, -0.05) is 153 Å². The van der Waals surface area contributed by atoms with Crippen molar-refractivity contribution in [3.8, 4) is 56.4 Å². The summed E-state index contributed by atoms with van der Waals surface area (Å²) in [5.41, 5.74) is 13.2. The highest BCUT2D eigenvalue weighted by Crippen LogP contribution is 2.55. The second-order valence-electron chi connectivity index (χ2n) is 15.5. The number of aromatic nitrogens is 3. The van der Waals surface area contributed by atoms with E-state index in [0.29, 0.717) is 23.4 Å². The molecule has 0 radical (unpaired) electrons. The minimum Gasteiger partial charge on any atom is -0.456 e. The molecule has 0 spiro atoms. The van der Waals surface area contributed by atoms with Crippen LogP contribution < -0.4 is 0 Å². The van der Waals surface area contributed by atoms with Crippen LogP contribution in [0.2, 0.25) is 0 Å². The summed E-state index contributed by atoms with van der Waals surface area (Å²) in [6, 6.07) is 51.8. The van der Waals surface area contributed by atoms with Crippen molar-refractivity contribution in [3.63, 3.8) is 0 Å². The number of para-hydroxylation sites is 1. The third kappa shape index (κ3) is 5.17. The van der Waals surface area contributed by atoms with E-state index in [2.05, 4.69) is 141 Å². The Balaban J connectivity index is 1.07. The monoisotopic (exact) mass is 719 g/mol. The molecule has 11 rings (SSSR count). The molecule has 266 valence electrons. The number of fused-ring (bicyclic) bond motifs is 7. The van der Waals surface area contributed by atoms with Crippen molar-refractivity contribution < 1.29 is 4.42 Å². The maximum absolute atomic E-state index is 6.28. The van der Waals surface area contributed by atoms with Crippen molar-refractivity contribution >= 4 is 32.7 Å². The highest BCUT2D eigenvalue weighted by Gasteiger charge is 2.38. The number of allylic oxidation sites excluding steroid dienone is 4. The molecule has 7 aromatic carbocycles. The average molecular weight is 720 g/mol. The predicted molar refractivity (Wildman–Crippen MR) is 230 cm³/mol. The third-order valence-electron chi connectivity index (χ3n) is 11.9. The lowest BCUT2D eigenvalue weighted by atomic mass is 9.80. The molecular formula is C52H37N3O. The molecule has 0 saturated carbocycles. The zero-order valence-corrected chi connectivity index (χ0v) is 31.2. The van der Waals surface area contributed by atoms with E-state index in [1.54, 1.807) is 0 Å². The molecule has 2 heterocycles. The molecule has 2 aliphatic rings. The molecule has 2 aliphatic carbocycles. The number of benzene rings is 7. The van der Waals surface area contributed by atoms with Gasteiger partial charge in [0.25, 0.3) is 0 Å². The van der Waals surface area contributed by atoms with Crippen LogP contribution in [-0.2, 0) is 5.41 Å². The van der Waals surface area contributed by atoms with Gasteiger partial charge < -0.3 is 4.42 Å². The van der Waals surface area contributed by atoms with Gasteiger partial charge in [0.2, 0.25) is 0 Å². The second-order valence-corrected chi connectivity index (χ2v) is 15.5. The summed E-state index contributed by atoms with van der Waals surface area (Å²) < 4.78 is 6.28. The lowest BCUT2D eigenvalue weighted by Crippen LogP contribution is -2.15. The Hall–Kier alpha value is -6.91. The number of nitrogens with zero attached hydrogens (tertiary/aromatic N) is 3. The Morgan fingerprint density at radius 1 is 0.518 bits per heavy atom. The number of rotatable bonds is 5. The topological polar surface area (TPSA) is 51.8 Å². The van der Waals surface area contributed by atoms with Crippen LogP contribution in [0.1, 0.15) is 42.9 Å². The van der Waals surface area contributed by atoms with Gasteiger partial charge in [0.05, 0.1) is 0 Å². The third-order valence-corrected chi connectivity index (χ3v) is 11.9. The molecule has 56 heavy (non-hydrogen) atoms. The molecule has 4 nitrogen and oxygen atoms in total. The first kappa shape index (κ1) is 32.5. The Morgan fingerprint density at radius 3 is 1.96 bits per heavy atom. The van der Waals surface area contributed by atoms with E-state index in [4.69, 9.17) is 19.4 Å². The van der Waals surface area contributed by atoms with E-state index in [9.17, 15) is 0 Å². The highest BCUT2D eigenvalue weighted by molar-refractivity contribution is 6.08. The summed E-state index contributed by atoms with van der Waals surface area (Å²) in [5.74, 6) is 2.29. The van der Waals surface area contributed by atoms with Crippen LogP contribution in [0.5, 0.6) is 0 Å². The van der Waals surface area contributed by atoms with Gasteiger partial charge in [0, 0.05) is 38.8 Å². The van der Waals surface area contributed by atoms with Crippen LogP contribution in [0.4, 0.5) is 0 Å². The summed E-state index contributed by atoms with van der Waals surface area (Å²) in [5, 5.41) is 4.69. The molecule has 4 heteroatoms. The second kappa shape index (κ2) is 12.6. The first-order chi connectivity index (χ1) is 27.5. The molecule has 0 N–H and O–H groups in total. The Kier molecular flexibility index (Phi) is 7.30. The van der Waals surface area contributed by atoms with E-state index >= 15 is 0 Å². The van der Waals surface area contributed by atoms with Crippen LogP contribution in [0.15, 0.2) is 174 Å². The smallest absolute Gasteiger partial charge is 0.164 e. The van der Waals surface area contributed by atoms with E-state index < -0.39 is 0 Å². The zero-order chi connectivity index (χ0) is 37.4. The molecule has 0 amide bonds. The van der Waals surface area contributed by atoms with Gasteiger partial charge in [0.15, 0.2) is 17.5 Å². The van der Waals surface area contributed by atoms with Gasteiger partial charge in [-0.3, -0.25) is 0 Å². The van der Waals surface area contributed by atoms with Crippen LogP contribution in [0.25, 0.3) is 89.1 Å². The van der Waals surface area contributed by atoms with Gasteiger partial charge >= 0.3 is 0 Å². The van der Waals surface area contributed by atoms with Crippen LogP contribution in [0.3, 0.4) is 0 Å². The van der Waals surface area contributed by atoms with Crippen molar-refractivity contribution in [1.82, 2.24) is 15.0 Å². The van der Waals surface area contributed by atoms with Crippen LogP contribution >= 0.6 is 0 Å². The van der Waals surface area contributed by atoms with Gasteiger partial charge in [-0.25, -0.2) is 15.0 Å². The highest BCUT2D eigenvalue weighted by atomic mass is 16.3. The fourth-order valence-corrected chi connectivity index (χ4v) is 8.92. The van der Waals surface area contributed by atoms with Gasteiger partial charge in [-0.05, 0) is 86.5 Å². The van der Waals surface area contributed by atoms with Crippen molar-refractivity contribution in [2.75, 3.05) is 0 Å². The molecule has 2 aromatic heterocycles. The summed E-state index contributed by atoms with van der Waals surface area (Å²) in [6.07, 6.45) is 9.90. The number of hydrogen-bond acceptors (Lipinski definition) is 4. The van der Waals surface area contributed by atoms with E-state index in [1.807, 2.05) is 42.5 Å². The summed E-state index contributed by atoms with van der Waals surface area (Å²) in [4.78, 5) is 15.3. The Labute approximate surface area is 325 Å². The number of hydrogen-bond donors (Lipinski definition) is 0. The average Bonchev–Trinajstić information content (AvgIpc) is 3.74. The van der Waals surface area contributed by atoms with E-state index in [-0.39, 0.29) is 5.41 Å². The summed E-state index contributed by atoms with van der Waals surface area (Å²) >= 11 is 0. The van der Waals surface area contributed by atoms with E-state index in [1.165, 1.54) is 49.7 Å². The zero-order valence-electron chi connectivity index (χ0n) is 31.2. The largest absolute Gasteiger partial charge is 0.456 e. The molecule has 1 unspecified atom stereocenters. The maximum Gasteiger partial charge on any atom is 0.164 e. The SMILES string of the molecule is CC1(C)c2cc(-c3nc(-c4ccccc4)nc(-c4ccc5c(c4)oc4ccccc45)n3)ccc2-c2c1cc1ccccc1c2-c1ccc(C2C=CC=CC2)cc1. The van der Waals surface area contributed by atoms with Crippen LogP contribution in [0, 0.1) is 0 Å². The first-order valence-corrected chi connectivity index (χ1v) is 19.4. The lowest BCUT2D eigenvalue weighted by Gasteiger charge is -2.23. The molecule has 0 bridgehead atoms. The Bertz CT molecular complexity index is 3080. The molecule has 1 atom stereocenters. The van der Waals surface area contributed by atoms with Crippen molar-refractivity contribution in [3.05, 3.63) is 187 Å². The predicted octanol–water partition coefficient (Wildman–Crippen LogP) is 13.5. The molecule has 0 fully saturated rings. The normalized spacial score (nSPS) is 15.4. The minimum atomic E-state index is -0.261. The van der Waals surface area contributed by atoms with Crippen molar-refractivity contribution in [1.29, 1.82) is 0 Å². The van der Waals surface area contributed by atoms with Gasteiger partial charge in [0.1, 0.15) is 11.2 Å². The number of furan rings is 1. The van der Waals surface area contributed by atoms with Crippen molar-refractivity contribution in [2.24, 2.45) is 0 Å². The molecular weight excluding hydrogens is 683 g/mol. The quantitative estimate of drug-likeness (QED) is 0.178. The molecule has 9 aromatic rings. The lowest BCUT2D eigenvalue weighted by molar-refractivity contribution is 0.661. The van der Waals surface area contributed by atoms with E-state index in [0.717, 1.165) is 45.0 Å². The first-order valence-electron chi connectivity index (χ1n) is 19.4. The fraction of sp³-hybridized carbons (Fsp3) is 0.0962. The van der Waals surface area contributed by atoms with Crippen LogP contribution in [-0.4, -0.2) is 15.0 Å². The summed E-state index contributed by atoms with van der Waals surface area (Å²) in [6.45, 7) is 4.70. The fourth-order valence-electron chi connectivity index (χ4n) is 8.92. The molecule has 0 aliphatic heterocycles. The Morgan fingerprint density at radius 2 is 1.18 bits per heavy atom. The van der Waals surface area contributed by atoms with Gasteiger partial charge in [-0.15, -0.1) is 0 Å². The minimum absolute atomic E-state index is 0.261. The molecule has 0 saturated heterocycles. The summed E-state index contributed by atoms with van der Waals surface area (Å²) in [7, 11) is 0. The standard InChI is InChI=1S/C52H37N3O/c1-52(2)43-30-37(50-53-49(35-15-7-4-8-16-35)54-51(55-50)38-25-27-41-40-19-11-12-20-45(40)56-46(41)31-38)26-28-42(43)48-44(52)29-36-17-9-10-18-39(36)47(48)34-23-21-33(22-24-34)32-13-5-3-6-14-32/h3-13,15-32H,14H2,1-2H3.